The lowest BCUT2D eigenvalue weighted by Crippen LogP contribution is -2.46. The largest absolute Gasteiger partial charge is 0.326 e. The molecule has 42 valence electrons. The van der Waals surface area contributed by atoms with Crippen molar-refractivity contribution in [3.63, 3.8) is 0 Å². The van der Waals surface area contributed by atoms with Crippen molar-refractivity contribution < 1.29 is 4.21 Å². The second kappa shape index (κ2) is 1.20. The second-order valence-electron chi connectivity index (χ2n) is 1.91. The monoisotopic (exact) mass is 120 g/mol. The molecule has 4 heteroatoms. The summed E-state index contributed by atoms with van der Waals surface area (Å²) >= 11 is 0. The minimum absolute atomic E-state index is 0.0463. The van der Waals surface area contributed by atoms with Crippen LogP contribution in [0, 0.1) is 4.78 Å². The molecule has 1 fully saturated rings. The first kappa shape index (κ1) is 5.05. The van der Waals surface area contributed by atoms with E-state index in [9.17, 15) is 4.21 Å². The lowest BCUT2D eigenvalue weighted by Gasteiger charge is -2.23. The summed E-state index contributed by atoms with van der Waals surface area (Å²) in [6, 6.07) is 0.0463. The third kappa shape index (κ3) is 0.920. The Morgan fingerprint density at radius 3 is 2.14 bits per heavy atom. The van der Waals surface area contributed by atoms with Crippen molar-refractivity contribution in [1.82, 2.24) is 0 Å². The Hall–Kier alpha value is -0.0900. The van der Waals surface area contributed by atoms with Gasteiger partial charge in [0.25, 0.3) is 0 Å². The van der Waals surface area contributed by atoms with Crippen LogP contribution in [-0.2, 0) is 9.73 Å². The van der Waals surface area contributed by atoms with Gasteiger partial charge < -0.3 is 5.73 Å². The fourth-order valence-electron chi connectivity index (χ4n) is 0.643. The number of nitrogens with two attached hydrogens (primary N) is 1. The van der Waals surface area contributed by atoms with Gasteiger partial charge in [0.2, 0.25) is 0 Å². The molecule has 0 atom stereocenters. The minimum Gasteiger partial charge on any atom is -0.326 e. The van der Waals surface area contributed by atoms with E-state index in [-0.39, 0.29) is 6.04 Å². The number of nitrogens with one attached hydrogen (secondary N) is 1. The molecule has 1 aliphatic heterocycles. The van der Waals surface area contributed by atoms with Crippen LogP contribution in [0.2, 0.25) is 0 Å². The van der Waals surface area contributed by atoms with Gasteiger partial charge in [-0.3, -0.25) is 4.78 Å². The quantitative estimate of drug-likeness (QED) is 0.447. The first-order chi connectivity index (χ1) is 3.10. The Kier molecular flexibility index (Phi) is 0.864. The molecule has 1 rings (SSSR count). The highest BCUT2D eigenvalue weighted by Crippen LogP contribution is 2.07. The van der Waals surface area contributed by atoms with Gasteiger partial charge in [-0.25, -0.2) is 4.21 Å². The summed E-state index contributed by atoms with van der Waals surface area (Å²) in [6.07, 6.45) is 0. The summed E-state index contributed by atoms with van der Waals surface area (Å²) in [5.74, 6) is 0.819. The van der Waals surface area contributed by atoms with Crippen molar-refractivity contribution in [2.24, 2.45) is 5.73 Å². The van der Waals surface area contributed by atoms with Gasteiger partial charge >= 0.3 is 0 Å². The summed E-state index contributed by atoms with van der Waals surface area (Å²) in [4.78, 5) is 0. The molecule has 0 amide bonds. The summed E-state index contributed by atoms with van der Waals surface area (Å²) in [7, 11) is -2.16. The van der Waals surface area contributed by atoms with E-state index in [1.807, 2.05) is 0 Å². The minimum atomic E-state index is -2.16. The smallest absolute Gasteiger partial charge is 0.0477 e. The zero-order valence-corrected chi connectivity index (χ0v) is 4.70. The zero-order valence-electron chi connectivity index (χ0n) is 3.89. The molecule has 0 aliphatic carbocycles. The van der Waals surface area contributed by atoms with E-state index in [0.29, 0.717) is 11.5 Å². The highest BCUT2D eigenvalue weighted by Gasteiger charge is 2.25. The van der Waals surface area contributed by atoms with E-state index < -0.39 is 9.73 Å². The Morgan fingerprint density at radius 1 is 1.71 bits per heavy atom. The molecule has 0 saturated carbocycles. The van der Waals surface area contributed by atoms with Crippen molar-refractivity contribution in [2.75, 3.05) is 11.5 Å². The average molecular weight is 120 g/mol. The zero-order chi connectivity index (χ0) is 5.49. The van der Waals surface area contributed by atoms with Gasteiger partial charge in [-0.1, -0.05) is 0 Å². The van der Waals surface area contributed by atoms with E-state index >= 15 is 0 Å². The van der Waals surface area contributed by atoms with Gasteiger partial charge in [0, 0.05) is 27.3 Å². The predicted molar refractivity (Wildman–Crippen MR) is 28.6 cm³/mol. The lowest BCUT2D eigenvalue weighted by molar-refractivity contribution is 0.641. The standard InChI is InChI=1S/C3H8N2OS/c4-3-1-7(5,6)2-3/h3,5H,1-2,4H2. The molecule has 0 aromatic rings. The summed E-state index contributed by atoms with van der Waals surface area (Å²) in [5, 5.41) is 0. The Labute approximate surface area is 42.9 Å². The van der Waals surface area contributed by atoms with Crippen LogP contribution < -0.4 is 5.73 Å². The van der Waals surface area contributed by atoms with Crippen LogP contribution in [0.3, 0.4) is 0 Å². The third-order valence-electron chi connectivity index (χ3n) is 0.967. The van der Waals surface area contributed by atoms with Gasteiger partial charge in [-0.15, -0.1) is 0 Å². The van der Waals surface area contributed by atoms with Crippen LogP contribution in [0.25, 0.3) is 0 Å². The maximum absolute atomic E-state index is 10.4. The third-order valence-corrected chi connectivity index (χ3v) is 2.90. The predicted octanol–water partition coefficient (Wildman–Crippen LogP) is -0.626. The Morgan fingerprint density at radius 2 is 2.14 bits per heavy atom. The molecule has 1 heterocycles. The first-order valence-electron chi connectivity index (χ1n) is 2.10. The van der Waals surface area contributed by atoms with Crippen LogP contribution in [0.1, 0.15) is 0 Å². The average Bonchev–Trinajstić information content (AvgIpc) is 1.27. The molecule has 0 unspecified atom stereocenters. The number of rotatable bonds is 0. The molecule has 7 heavy (non-hydrogen) atoms. The van der Waals surface area contributed by atoms with E-state index in [0.717, 1.165) is 0 Å². The van der Waals surface area contributed by atoms with Crippen molar-refractivity contribution in [2.45, 2.75) is 6.04 Å². The van der Waals surface area contributed by atoms with Crippen molar-refractivity contribution in [1.29, 1.82) is 4.78 Å². The SMILES string of the molecule is N=S1(=O)CC(N)C1. The highest BCUT2D eigenvalue weighted by atomic mass is 32.2. The van der Waals surface area contributed by atoms with Crippen molar-refractivity contribution in [3.8, 4) is 0 Å². The maximum Gasteiger partial charge on any atom is 0.0477 e. The first-order valence-corrected chi connectivity index (χ1v) is 3.99. The van der Waals surface area contributed by atoms with Crippen LogP contribution in [0.5, 0.6) is 0 Å². The van der Waals surface area contributed by atoms with E-state index in [2.05, 4.69) is 0 Å². The molecule has 0 spiro atoms. The van der Waals surface area contributed by atoms with Gasteiger partial charge in [0.05, 0.1) is 0 Å². The Balaban J connectivity index is 2.61. The van der Waals surface area contributed by atoms with Gasteiger partial charge in [0.15, 0.2) is 0 Å². The molecule has 1 saturated heterocycles. The van der Waals surface area contributed by atoms with E-state index in [4.69, 9.17) is 10.5 Å². The maximum atomic E-state index is 10.4. The Bertz CT molecular complexity index is 148. The molecule has 3 nitrogen and oxygen atoms in total. The van der Waals surface area contributed by atoms with Crippen LogP contribution in [0.4, 0.5) is 0 Å². The summed E-state index contributed by atoms with van der Waals surface area (Å²) in [6.45, 7) is 0. The molecule has 1 aliphatic rings. The lowest BCUT2D eigenvalue weighted by atomic mass is 10.4. The van der Waals surface area contributed by atoms with Gasteiger partial charge in [0.1, 0.15) is 0 Å². The molecular weight excluding hydrogens is 112 g/mol. The topological polar surface area (TPSA) is 66.9 Å². The van der Waals surface area contributed by atoms with E-state index in [1.54, 1.807) is 0 Å². The molecule has 3 N–H and O–H groups in total. The second-order valence-corrected chi connectivity index (χ2v) is 4.20. The molecule has 0 aromatic carbocycles. The molecular formula is C3H8N2OS. The highest BCUT2D eigenvalue weighted by molar-refractivity contribution is 7.93. The normalized spacial score (nSPS) is 50.7. The number of hydrogen-bond donors (Lipinski definition) is 2. The van der Waals surface area contributed by atoms with Gasteiger partial charge in [-0.05, 0) is 0 Å². The van der Waals surface area contributed by atoms with Crippen LogP contribution >= 0.6 is 0 Å². The van der Waals surface area contributed by atoms with Crippen molar-refractivity contribution in [3.05, 3.63) is 0 Å². The van der Waals surface area contributed by atoms with E-state index in [1.165, 1.54) is 0 Å². The molecule has 0 radical (unpaired) electrons. The fraction of sp³-hybridized carbons (Fsp3) is 1.00. The summed E-state index contributed by atoms with van der Waals surface area (Å²) < 4.78 is 17.3. The van der Waals surface area contributed by atoms with Crippen molar-refractivity contribution >= 4 is 9.73 Å². The van der Waals surface area contributed by atoms with Gasteiger partial charge in [-0.2, -0.15) is 0 Å². The van der Waals surface area contributed by atoms with Crippen LogP contribution in [0.15, 0.2) is 0 Å². The summed E-state index contributed by atoms with van der Waals surface area (Å²) in [5.41, 5.74) is 5.25. The molecule has 0 bridgehead atoms. The molecule has 0 aromatic heterocycles. The fourth-order valence-corrected chi connectivity index (χ4v) is 1.93. The number of hydrogen-bond acceptors (Lipinski definition) is 3. The van der Waals surface area contributed by atoms with Crippen LogP contribution in [-0.4, -0.2) is 21.8 Å².